The van der Waals surface area contributed by atoms with Crippen LogP contribution in [0, 0.1) is 5.92 Å². The number of unbranched alkanes of at least 4 members (excludes halogenated alkanes) is 51. The second-order valence-electron chi connectivity index (χ2n) is 28.9. The van der Waals surface area contributed by atoms with Gasteiger partial charge in [0.1, 0.15) is 19.3 Å². The maximum atomic E-state index is 13.1. The Bertz CT molecular complexity index is 1870. The van der Waals surface area contributed by atoms with E-state index < -0.39 is 97.5 Å². The molecule has 0 saturated carbocycles. The number of ether oxygens (including phenoxy) is 4. The monoisotopic (exact) mass is 1440 g/mol. The van der Waals surface area contributed by atoms with Crippen LogP contribution in [-0.4, -0.2) is 96.7 Å². The summed E-state index contributed by atoms with van der Waals surface area (Å²) in [5.41, 5.74) is 0. The summed E-state index contributed by atoms with van der Waals surface area (Å²) in [6.07, 6.45) is 62.5. The molecule has 0 aromatic heterocycles. The molecule has 0 aliphatic carbocycles. The number of aliphatic hydroxyl groups excluding tert-OH is 1. The van der Waals surface area contributed by atoms with E-state index in [2.05, 4.69) is 34.6 Å². The summed E-state index contributed by atoms with van der Waals surface area (Å²) in [5, 5.41) is 10.6. The van der Waals surface area contributed by atoms with Gasteiger partial charge in [0.05, 0.1) is 26.4 Å². The summed E-state index contributed by atoms with van der Waals surface area (Å²) in [6, 6.07) is 0. The van der Waals surface area contributed by atoms with Crippen molar-refractivity contribution in [2.24, 2.45) is 5.92 Å². The van der Waals surface area contributed by atoms with Crippen molar-refractivity contribution in [2.45, 2.75) is 438 Å². The Morgan fingerprint density at radius 2 is 0.469 bits per heavy atom. The lowest BCUT2D eigenvalue weighted by molar-refractivity contribution is -0.161. The van der Waals surface area contributed by atoms with E-state index in [-0.39, 0.29) is 25.7 Å². The largest absolute Gasteiger partial charge is 0.472 e. The fourth-order valence-corrected chi connectivity index (χ4v) is 13.8. The van der Waals surface area contributed by atoms with Gasteiger partial charge < -0.3 is 33.8 Å². The van der Waals surface area contributed by atoms with E-state index in [0.29, 0.717) is 25.7 Å². The van der Waals surface area contributed by atoms with Crippen molar-refractivity contribution >= 4 is 39.5 Å². The van der Waals surface area contributed by atoms with Crippen molar-refractivity contribution in [2.75, 3.05) is 39.6 Å². The van der Waals surface area contributed by atoms with Gasteiger partial charge in [0.25, 0.3) is 0 Å². The highest BCUT2D eigenvalue weighted by atomic mass is 31.2. The first kappa shape index (κ1) is 96.1. The summed E-state index contributed by atoms with van der Waals surface area (Å²) in [7, 11) is -9.91. The molecule has 582 valence electrons. The molecule has 0 amide bonds. The Labute approximate surface area is 600 Å². The number of phosphoric ester groups is 2. The van der Waals surface area contributed by atoms with Crippen molar-refractivity contribution in [3.63, 3.8) is 0 Å². The normalized spacial score (nSPS) is 13.9. The highest BCUT2D eigenvalue weighted by Gasteiger charge is 2.30. The molecule has 0 fully saturated rings. The van der Waals surface area contributed by atoms with Crippen LogP contribution in [0.5, 0.6) is 0 Å². The van der Waals surface area contributed by atoms with E-state index >= 15 is 0 Å². The summed E-state index contributed by atoms with van der Waals surface area (Å²) >= 11 is 0. The summed E-state index contributed by atoms with van der Waals surface area (Å²) in [6.45, 7) is 7.30. The van der Waals surface area contributed by atoms with Crippen LogP contribution in [0.4, 0.5) is 0 Å². The first-order valence-electron chi connectivity index (χ1n) is 41.1. The molecular weight excluding hydrogens is 1280 g/mol. The van der Waals surface area contributed by atoms with E-state index in [9.17, 15) is 43.2 Å². The topological polar surface area (TPSA) is 237 Å². The number of phosphoric acid groups is 2. The van der Waals surface area contributed by atoms with E-state index in [4.69, 9.17) is 37.0 Å². The van der Waals surface area contributed by atoms with Crippen molar-refractivity contribution < 1.29 is 80.2 Å². The maximum Gasteiger partial charge on any atom is 0.472 e. The molecule has 2 unspecified atom stereocenters. The SMILES string of the molecule is CCCCCCCCCCCCCCCCCCCC(=O)OC[C@H](COP(=O)(O)OC[C@@H](O)COP(=O)(O)OC[C@@H](COC(=O)CCCCCCCCC)OC(=O)CCCCCCCCCCCCCCCCCCC)OC(=O)CCCCCCCCCCCCCCCCC(C)C. The van der Waals surface area contributed by atoms with Crippen LogP contribution in [-0.2, 0) is 65.4 Å². The standard InChI is InChI=1S/C79H154O17P2/c1-6-9-12-15-18-20-22-24-26-28-30-35-39-43-48-53-58-63-77(82)90-69-75(96-79(84)65-60-55-50-45-41-37-33-32-34-38-42-47-51-56-61-72(4)5)71-94-98(87,88)92-67-73(80)66-91-97(85,86)93-70-74(68-89-76(81)62-57-52-46-17-14-11-8-3)95-78(83)64-59-54-49-44-40-36-31-29-27-25-23-21-19-16-13-10-7-2/h72-75,80H,6-71H2,1-5H3,(H,85,86)(H,87,88)/t73-,74+,75+/m0/s1. The number of esters is 4. The molecule has 0 radical (unpaired) electrons. The number of rotatable bonds is 79. The van der Waals surface area contributed by atoms with Gasteiger partial charge in [0, 0.05) is 25.7 Å². The fourth-order valence-electron chi connectivity index (χ4n) is 12.2. The van der Waals surface area contributed by atoms with Gasteiger partial charge in [-0.1, -0.05) is 369 Å². The van der Waals surface area contributed by atoms with E-state index in [1.54, 1.807) is 0 Å². The van der Waals surface area contributed by atoms with Gasteiger partial charge in [-0.25, -0.2) is 9.13 Å². The molecule has 3 N–H and O–H groups in total. The molecule has 0 heterocycles. The zero-order chi connectivity index (χ0) is 71.9. The van der Waals surface area contributed by atoms with Crippen LogP contribution in [0.25, 0.3) is 0 Å². The van der Waals surface area contributed by atoms with Crippen molar-refractivity contribution in [3.8, 4) is 0 Å². The maximum absolute atomic E-state index is 13.1. The van der Waals surface area contributed by atoms with Crippen LogP contribution in [0.3, 0.4) is 0 Å². The van der Waals surface area contributed by atoms with Crippen molar-refractivity contribution in [1.29, 1.82) is 0 Å². The second-order valence-corrected chi connectivity index (χ2v) is 31.8. The Balaban J connectivity index is 5.18. The Kier molecular flexibility index (Phi) is 70.6. The second kappa shape index (κ2) is 72.0. The average molecular weight is 1440 g/mol. The quantitative estimate of drug-likeness (QED) is 0.0222. The van der Waals surface area contributed by atoms with Crippen molar-refractivity contribution in [3.05, 3.63) is 0 Å². The van der Waals surface area contributed by atoms with Crippen LogP contribution in [0.2, 0.25) is 0 Å². The van der Waals surface area contributed by atoms with Crippen molar-refractivity contribution in [1.82, 2.24) is 0 Å². The molecular formula is C79H154O17P2. The summed E-state index contributed by atoms with van der Waals surface area (Å²) < 4.78 is 68.6. The number of hydrogen-bond donors (Lipinski definition) is 3. The van der Waals surface area contributed by atoms with Gasteiger partial charge in [0.15, 0.2) is 12.2 Å². The fraction of sp³-hybridized carbons (Fsp3) is 0.949. The first-order chi connectivity index (χ1) is 47.5. The zero-order valence-corrected chi connectivity index (χ0v) is 65.7. The highest BCUT2D eigenvalue weighted by molar-refractivity contribution is 7.47. The highest BCUT2D eigenvalue weighted by Crippen LogP contribution is 2.45. The van der Waals surface area contributed by atoms with Gasteiger partial charge >= 0.3 is 39.5 Å². The molecule has 0 aromatic rings. The lowest BCUT2D eigenvalue weighted by Gasteiger charge is -2.21. The third-order valence-corrected chi connectivity index (χ3v) is 20.4. The number of hydrogen-bond acceptors (Lipinski definition) is 15. The lowest BCUT2D eigenvalue weighted by Crippen LogP contribution is -2.30. The number of carbonyl (C=O) groups is 4. The molecule has 0 aliphatic rings. The van der Waals surface area contributed by atoms with Gasteiger partial charge in [-0.3, -0.25) is 37.3 Å². The van der Waals surface area contributed by atoms with Crippen LogP contribution in [0.1, 0.15) is 420 Å². The third-order valence-electron chi connectivity index (χ3n) is 18.5. The number of aliphatic hydroxyl groups is 1. The Morgan fingerprint density at radius 1 is 0.276 bits per heavy atom. The van der Waals surface area contributed by atoms with E-state index in [0.717, 1.165) is 109 Å². The number of carbonyl (C=O) groups excluding carboxylic acids is 4. The van der Waals surface area contributed by atoms with E-state index in [1.165, 1.54) is 231 Å². The minimum atomic E-state index is -4.96. The molecule has 0 aromatic carbocycles. The molecule has 0 rings (SSSR count). The smallest absolute Gasteiger partial charge is 0.462 e. The minimum absolute atomic E-state index is 0.108. The van der Waals surface area contributed by atoms with Crippen LogP contribution >= 0.6 is 15.6 Å². The Hall–Kier alpha value is -1.94. The van der Waals surface area contributed by atoms with Gasteiger partial charge in [0.2, 0.25) is 0 Å². The lowest BCUT2D eigenvalue weighted by atomic mass is 10.0. The van der Waals surface area contributed by atoms with Crippen LogP contribution in [0.15, 0.2) is 0 Å². The molecule has 0 saturated heterocycles. The van der Waals surface area contributed by atoms with Gasteiger partial charge in [-0.2, -0.15) is 0 Å². The van der Waals surface area contributed by atoms with Gasteiger partial charge in [-0.15, -0.1) is 0 Å². The molecule has 0 spiro atoms. The Morgan fingerprint density at radius 3 is 0.694 bits per heavy atom. The molecule has 5 atom stereocenters. The molecule has 17 nitrogen and oxygen atoms in total. The predicted molar refractivity (Wildman–Crippen MR) is 400 cm³/mol. The molecule has 19 heteroatoms. The molecule has 0 bridgehead atoms. The minimum Gasteiger partial charge on any atom is -0.462 e. The summed E-state index contributed by atoms with van der Waals surface area (Å²) in [5.74, 6) is -1.32. The molecule has 98 heavy (non-hydrogen) atoms. The third kappa shape index (κ3) is 72.4. The average Bonchev–Trinajstić information content (AvgIpc) is 1.23. The molecule has 0 aliphatic heterocycles. The van der Waals surface area contributed by atoms with Gasteiger partial charge in [-0.05, 0) is 31.6 Å². The van der Waals surface area contributed by atoms with Crippen LogP contribution < -0.4 is 0 Å². The predicted octanol–water partition coefficient (Wildman–Crippen LogP) is 23.6. The summed E-state index contributed by atoms with van der Waals surface area (Å²) in [4.78, 5) is 72.8. The first-order valence-corrected chi connectivity index (χ1v) is 44.1. The van der Waals surface area contributed by atoms with E-state index in [1.807, 2.05) is 0 Å². The zero-order valence-electron chi connectivity index (χ0n) is 63.9.